The average Bonchev–Trinajstić information content (AvgIpc) is 2.59. The van der Waals surface area contributed by atoms with Gasteiger partial charge in [0, 0.05) is 51.4 Å². The zero-order valence-electron chi connectivity index (χ0n) is 14.0. The summed E-state index contributed by atoms with van der Waals surface area (Å²) in [6.07, 6.45) is 2.47. The highest BCUT2D eigenvalue weighted by atomic mass is 35.5. The van der Waals surface area contributed by atoms with Gasteiger partial charge in [-0.2, -0.15) is 0 Å². The lowest BCUT2D eigenvalue weighted by molar-refractivity contribution is 0.233. The van der Waals surface area contributed by atoms with Crippen LogP contribution < -0.4 is 10.1 Å². The summed E-state index contributed by atoms with van der Waals surface area (Å²) in [5, 5.41) is 4.00. The number of rotatable bonds is 6. The van der Waals surface area contributed by atoms with Crippen molar-refractivity contribution in [2.24, 2.45) is 0 Å². The van der Waals surface area contributed by atoms with Crippen LogP contribution in [0.25, 0.3) is 0 Å². The summed E-state index contributed by atoms with van der Waals surface area (Å²) in [4.78, 5) is 6.61. The zero-order chi connectivity index (χ0) is 15.9. The third-order valence-electron chi connectivity index (χ3n) is 3.98. The normalized spacial score (nSPS) is 14.3. The predicted molar refractivity (Wildman–Crippen MR) is 108 cm³/mol. The number of aromatic nitrogens is 1. The van der Waals surface area contributed by atoms with E-state index in [0.717, 1.165) is 39.1 Å². The summed E-state index contributed by atoms with van der Waals surface area (Å²) >= 11 is 5.80. The number of hydrogen-bond acceptors (Lipinski definition) is 4. The lowest BCUT2D eigenvalue weighted by Crippen LogP contribution is -2.42. The van der Waals surface area contributed by atoms with Crippen molar-refractivity contribution in [1.29, 1.82) is 0 Å². The van der Waals surface area contributed by atoms with E-state index in [1.54, 1.807) is 18.3 Å². The van der Waals surface area contributed by atoms with E-state index in [9.17, 15) is 0 Å². The first-order valence-corrected chi connectivity index (χ1v) is 8.43. The summed E-state index contributed by atoms with van der Waals surface area (Å²) in [5.41, 5.74) is 2.65. The molecule has 2 heterocycles. The third-order valence-corrected chi connectivity index (χ3v) is 4.20. The molecule has 0 amide bonds. The molecule has 0 radical (unpaired) electrons. The Kier molecular flexibility index (Phi) is 10.2. The first-order valence-electron chi connectivity index (χ1n) is 8.05. The van der Waals surface area contributed by atoms with E-state index in [1.807, 2.05) is 0 Å². The summed E-state index contributed by atoms with van der Waals surface area (Å²) < 4.78 is 5.63. The van der Waals surface area contributed by atoms with E-state index < -0.39 is 0 Å². The number of ether oxygens (including phenoxy) is 1. The van der Waals surface area contributed by atoms with Gasteiger partial charge in [-0.05, 0) is 17.2 Å². The minimum Gasteiger partial charge on any atom is -0.477 e. The van der Waals surface area contributed by atoms with E-state index in [1.165, 1.54) is 11.1 Å². The van der Waals surface area contributed by atoms with Crippen LogP contribution in [-0.4, -0.2) is 42.7 Å². The summed E-state index contributed by atoms with van der Waals surface area (Å²) in [6.45, 7) is 6.09. The minimum absolute atomic E-state index is 0. The molecule has 138 valence electrons. The van der Waals surface area contributed by atoms with Gasteiger partial charge in [0.1, 0.15) is 0 Å². The molecular weight excluding hydrogens is 381 g/mol. The molecule has 0 aliphatic carbocycles. The van der Waals surface area contributed by atoms with Gasteiger partial charge in [-0.25, -0.2) is 4.98 Å². The fourth-order valence-electron chi connectivity index (χ4n) is 2.66. The van der Waals surface area contributed by atoms with Gasteiger partial charge in [-0.1, -0.05) is 35.9 Å². The van der Waals surface area contributed by atoms with Gasteiger partial charge in [0.05, 0.1) is 11.6 Å². The van der Waals surface area contributed by atoms with Gasteiger partial charge in [-0.3, -0.25) is 4.90 Å². The van der Waals surface area contributed by atoms with Gasteiger partial charge in [-0.15, -0.1) is 24.8 Å². The first-order chi connectivity index (χ1) is 11.3. The Morgan fingerprint density at radius 1 is 1.00 bits per heavy atom. The van der Waals surface area contributed by atoms with Crippen LogP contribution in [0.15, 0.2) is 42.6 Å². The number of pyridine rings is 1. The first kappa shape index (κ1) is 22.0. The maximum Gasteiger partial charge on any atom is 0.213 e. The third kappa shape index (κ3) is 7.38. The van der Waals surface area contributed by atoms with Crippen LogP contribution in [0.4, 0.5) is 0 Å². The van der Waals surface area contributed by atoms with Crippen LogP contribution in [0.1, 0.15) is 11.1 Å². The minimum atomic E-state index is 0. The highest BCUT2D eigenvalue weighted by Gasteiger charge is 2.09. The van der Waals surface area contributed by atoms with Gasteiger partial charge < -0.3 is 10.1 Å². The number of hydrogen-bond donors (Lipinski definition) is 1. The van der Waals surface area contributed by atoms with Gasteiger partial charge in [0.25, 0.3) is 0 Å². The van der Waals surface area contributed by atoms with Crippen molar-refractivity contribution in [2.45, 2.75) is 13.0 Å². The molecule has 0 bridgehead atoms. The second-order valence-electron chi connectivity index (χ2n) is 5.76. The molecule has 25 heavy (non-hydrogen) atoms. The van der Waals surface area contributed by atoms with Crippen molar-refractivity contribution < 1.29 is 4.74 Å². The van der Waals surface area contributed by atoms with Crippen LogP contribution in [0.2, 0.25) is 5.02 Å². The zero-order valence-corrected chi connectivity index (χ0v) is 16.4. The second kappa shape index (κ2) is 11.6. The fourth-order valence-corrected chi connectivity index (χ4v) is 2.77. The lowest BCUT2D eigenvalue weighted by Gasteiger charge is -2.27. The molecule has 1 aliphatic heterocycles. The predicted octanol–water partition coefficient (Wildman–Crippen LogP) is 3.61. The Hall–Kier alpha value is -1.04. The number of nitrogens with zero attached hydrogens (tertiary/aromatic N) is 2. The molecule has 0 atom stereocenters. The summed E-state index contributed by atoms with van der Waals surface area (Å²) in [7, 11) is 0. The smallest absolute Gasteiger partial charge is 0.213 e. The van der Waals surface area contributed by atoms with Crippen molar-refractivity contribution in [2.75, 3.05) is 32.8 Å². The topological polar surface area (TPSA) is 37.4 Å². The molecule has 4 nitrogen and oxygen atoms in total. The molecule has 3 rings (SSSR count). The number of halogens is 3. The molecule has 0 spiro atoms. The summed E-state index contributed by atoms with van der Waals surface area (Å²) in [5.74, 6) is 0.615. The van der Waals surface area contributed by atoms with Crippen molar-refractivity contribution in [1.82, 2.24) is 15.2 Å². The van der Waals surface area contributed by atoms with Crippen LogP contribution in [0.5, 0.6) is 5.88 Å². The SMILES string of the molecule is Cl.Cl.Clc1ccc(OCCc2ccc(CN3CCNCC3)cc2)nc1. The largest absolute Gasteiger partial charge is 0.477 e. The van der Waals surface area contributed by atoms with Crippen LogP contribution in [0, 0.1) is 0 Å². The highest BCUT2D eigenvalue weighted by molar-refractivity contribution is 6.30. The molecule has 1 fully saturated rings. The maximum atomic E-state index is 5.80. The molecule has 0 unspecified atom stereocenters. The second-order valence-corrected chi connectivity index (χ2v) is 6.19. The lowest BCUT2D eigenvalue weighted by atomic mass is 10.1. The van der Waals surface area contributed by atoms with Crippen molar-refractivity contribution in [3.63, 3.8) is 0 Å². The maximum absolute atomic E-state index is 5.80. The molecule has 2 aromatic rings. The standard InChI is InChI=1S/C18H22ClN3O.2ClH/c19-17-5-6-18(21-13-17)23-12-7-15-1-3-16(4-2-15)14-22-10-8-20-9-11-22;;/h1-6,13,20H,7-12,14H2;2*1H. The quantitative estimate of drug-likeness (QED) is 0.798. The van der Waals surface area contributed by atoms with Gasteiger partial charge >= 0.3 is 0 Å². The van der Waals surface area contributed by atoms with E-state index >= 15 is 0 Å². The molecule has 1 saturated heterocycles. The molecule has 1 aliphatic rings. The average molecular weight is 405 g/mol. The summed E-state index contributed by atoms with van der Waals surface area (Å²) in [6, 6.07) is 12.4. The Bertz CT molecular complexity index is 602. The van der Waals surface area contributed by atoms with E-state index in [0.29, 0.717) is 17.5 Å². The molecular formula is C18H24Cl3N3O. The number of benzene rings is 1. The Labute approximate surface area is 166 Å². The van der Waals surface area contributed by atoms with E-state index in [-0.39, 0.29) is 24.8 Å². The van der Waals surface area contributed by atoms with E-state index in [2.05, 4.69) is 39.5 Å². The Balaban J connectivity index is 0.00000156. The molecule has 0 saturated carbocycles. The highest BCUT2D eigenvalue weighted by Crippen LogP contribution is 2.13. The Morgan fingerprint density at radius 3 is 2.32 bits per heavy atom. The van der Waals surface area contributed by atoms with E-state index in [4.69, 9.17) is 16.3 Å². The van der Waals surface area contributed by atoms with Crippen molar-refractivity contribution >= 4 is 36.4 Å². The molecule has 1 N–H and O–H groups in total. The van der Waals surface area contributed by atoms with Crippen molar-refractivity contribution in [3.8, 4) is 5.88 Å². The number of piperazine rings is 1. The Morgan fingerprint density at radius 2 is 1.68 bits per heavy atom. The van der Waals surface area contributed by atoms with Gasteiger partial charge in [0.2, 0.25) is 5.88 Å². The monoisotopic (exact) mass is 403 g/mol. The fraction of sp³-hybridized carbons (Fsp3) is 0.389. The van der Waals surface area contributed by atoms with Crippen LogP contribution >= 0.6 is 36.4 Å². The molecule has 1 aromatic carbocycles. The molecule has 1 aromatic heterocycles. The van der Waals surface area contributed by atoms with Gasteiger partial charge in [0.15, 0.2) is 0 Å². The van der Waals surface area contributed by atoms with Crippen molar-refractivity contribution in [3.05, 3.63) is 58.7 Å². The van der Waals surface area contributed by atoms with Crippen LogP contribution in [-0.2, 0) is 13.0 Å². The number of nitrogens with one attached hydrogen (secondary N) is 1. The molecule has 7 heteroatoms. The van der Waals surface area contributed by atoms with Crippen LogP contribution in [0.3, 0.4) is 0 Å².